The third-order valence-corrected chi connectivity index (χ3v) is 4.99. The third-order valence-electron chi connectivity index (χ3n) is 4.50. The Labute approximate surface area is 118 Å². The van der Waals surface area contributed by atoms with Gasteiger partial charge in [-0.05, 0) is 44.0 Å². The molecule has 1 aromatic carbocycles. The fourth-order valence-electron chi connectivity index (χ4n) is 3.47. The van der Waals surface area contributed by atoms with Crippen molar-refractivity contribution in [2.45, 2.75) is 38.4 Å². The summed E-state index contributed by atoms with van der Waals surface area (Å²) in [5, 5.41) is 0. The molecular formula is C15H21BrN2. The Balaban J connectivity index is 1.69. The van der Waals surface area contributed by atoms with Crippen LogP contribution in [-0.4, -0.2) is 41.5 Å². The Hall–Kier alpha value is -0.380. The Morgan fingerprint density at radius 1 is 1.28 bits per heavy atom. The van der Waals surface area contributed by atoms with E-state index in [1.807, 2.05) is 0 Å². The molecule has 2 fully saturated rings. The molecule has 2 atom stereocenters. The number of benzene rings is 1. The SMILES string of the molecule is C[C@@H]1[C@H]2CCCN2CCN1Cc1cccc(Br)c1. The maximum absolute atomic E-state index is 3.56. The van der Waals surface area contributed by atoms with Crippen LogP contribution < -0.4 is 0 Å². The molecule has 0 aromatic heterocycles. The molecule has 0 bridgehead atoms. The fraction of sp³-hybridized carbons (Fsp3) is 0.600. The van der Waals surface area contributed by atoms with Crippen LogP contribution in [-0.2, 0) is 6.54 Å². The van der Waals surface area contributed by atoms with Crippen LogP contribution in [0.1, 0.15) is 25.3 Å². The Bertz CT molecular complexity index is 421. The molecular weight excluding hydrogens is 288 g/mol. The fourth-order valence-corrected chi connectivity index (χ4v) is 3.92. The molecule has 3 rings (SSSR count). The van der Waals surface area contributed by atoms with E-state index in [9.17, 15) is 0 Å². The lowest BCUT2D eigenvalue weighted by Gasteiger charge is -2.43. The highest BCUT2D eigenvalue weighted by Crippen LogP contribution is 2.27. The summed E-state index contributed by atoms with van der Waals surface area (Å²) in [4.78, 5) is 5.33. The van der Waals surface area contributed by atoms with E-state index in [4.69, 9.17) is 0 Å². The summed E-state index contributed by atoms with van der Waals surface area (Å²) >= 11 is 3.56. The van der Waals surface area contributed by atoms with Crippen molar-refractivity contribution >= 4 is 15.9 Å². The molecule has 18 heavy (non-hydrogen) atoms. The molecule has 0 spiro atoms. The number of fused-ring (bicyclic) bond motifs is 1. The van der Waals surface area contributed by atoms with Crippen molar-refractivity contribution in [3.8, 4) is 0 Å². The van der Waals surface area contributed by atoms with Crippen LogP contribution in [0.15, 0.2) is 28.7 Å². The molecule has 2 nitrogen and oxygen atoms in total. The van der Waals surface area contributed by atoms with Gasteiger partial charge in [0.05, 0.1) is 0 Å². The van der Waals surface area contributed by atoms with Crippen molar-refractivity contribution in [3.05, 3.63) is 34.3 Å². The van der Waals surface area contributed by atoms with Crippen LogP contribution in [0.4, 0.5) is 0 Å². The first-order valence-electron chi connectivity index (χ1n) is 6.96. The molecule has 2 aliphatic heterocycles. The van der Waals surface area contributed by atoms with Gasteiger partial charge in [-0.25, -0.2) is 0 Å². The van der Waals surface area contributed by atoms with E-state index in [1.165, 1.54) is 42.5 Å². The maximum atomic E-state index is 3.56. The van der Waals surface area contributed by atoms with Crippen molar-refractivity contribution in [1.82, 2.24) is 9.80 Å². The van der Waals surface area contributed by atoms with Crippen molar-refractivity contribution in [2.75, 3.05) is 19.6 Å². The zero-order valence-electron chi connectivity index (χ0n) is 11.0. The van der Waals surface area contributed by atoms with Crippen LogP contribution >= 0.6 is 15.9 Å². The summed E-state index contributed by atoms with van der Waals surface area (Å²) in [5.74, 6) is 0. The van der Waals surface area contributed by atoms with Gasteiger partial charge in [-0.15, -0.1) is 0 Å². The van der Waals surface area contributed by atoms with Crippen LogP contribution in [0.25, 0.3) is 0 Å². The number of rotatable bonds is 2. The standard InChI is InChI=1S/C15H21BrN2/c1-12-15-6-3-7-17(15)8-9-18(12)11-13-4-2-5-14(16)10-13/h2,4-5,10,12,15H,3,6-9,11H2,1H3/t12-,15-/m1/s1. The predicted octanol–water partition coefficient (Wildman–Crippen LogP) is 3.12. The molecule has 0 aliphatic carbocycles. The summed E-state index contributed by atoms with van der Waals surface area (Å²) in [6.45, 7) is 7.28. The number of hydrogen-bond donors (Lipinski definition) is 0. The first-order valence-corrected chi connectivity index (χ1v) is 7.76. The van der Waals surface area contributed by atoms with Gasteiger partial charge in [0, 0.05) is 36.2 Å². The molecule has 0 N–H and O–H groups in total. The Morgan fingerprint density at radius 2 is 2.17 bits per heavy atom. The molecule has 2 saturated heterocycles. The Kier molecular flexibility index (Phi) is 3.73. The molecule has 0 amide bonds. The number of halogens is 1. The summed E-state index contributed by atoms with van der Waals surface area (Å²) < 4.78 is 1.19. The van der Waals surface area contributed by atoms with E-state index < -0.39 is 0 Å². The second kappa shape index (κ2) is 5.32. The van der Waals surface area contributed by atoms with E-state index >= 15 is 0 Å². The van der Waals surface area contributed by atoms with E-state index in [2.05, 4.69) is 56.9 Å². The van der Waals surface area contributed by atoms with Gasteiger partial charge in [0.2, 0.25) is 0 Å². The van der Waals surface area contributed by atoms with E-state index in [0.29, 0.717) is 6.04 Å². The third kappa shape index (κ3) is 2.49. The van der Waals surface area contributed by atoms with Gasteiger partial charge < -0.3 is 0 Å². The highest BCUT2D eigenvalue weighted by atomic mass is 79.9. The van der Waals surface area contributed by atoms with Crippen LogP contribution in [0.5, 0.6) is 0 Å². The monoisotopic (exact) mass is 308 g/mol. The van der Waals surface area contributed by atoms with Crippen LogP contribution in [0.3, 0.4) is 0 Å². The van der Waals surface area contributed by atoms with Crippen molar-refractivity contribution in [1.29, 1.82) is 0 Å². The highest BCUT2D eigenvalue weighted by Gasteiger charge is 2.36. The van der Waals surface area contributed by atoms with Crippen molar-refractivity contribution < 1.29 is 0 Å². The molecule has 1 aromatic rings. The highest BCUT2D eigenvalue weighted by molar-refractivity contribution is 9.10. The molecule has 0 unspecified atom stereocenters. The minimum absolute atomic E-state index is 0.695. The largest absolute Gasteiger partial charge is 0.298 e. The molecule has 0 saturated carbocycles. The number of piperazine rings is 1. The van der Waals surface area contributed by atoms with Crippen LogP contribution in [0.2, 0.25) is 0 Å². The minimum Gasteiger partial charge on any atom is -0.298 e. The van der Waals surface area contributed by atoms with Gasteiger partial charge in [-0.1, -0.05) is 28.1 Å². The van der Waals surface area contributed by atoms with E-state index in [0.717, 1.165) is 12.6 Å². The van der Waals surface area contributed by atoms with E-state index in [-0.39, 0.29) is 0 Å². The Morgan fingerprint density at radius 3 is 3.00 bits per heavy atom. The van der Waals surface area contributed by atoms with Gasteiger partial charge in [0.15, 0.2) is 0 Å². The van der Waals surface area contributed by atoms with Gasteiger partial charge in [-0.3, -0.25) is 9.80 Å². The van der Waals surface area contributed by atoms with Crippen molar-refractivity contribution in [3.63, 3.8) is 0 Å². The zero-order chi connectivity index (χ0) is 12.5. The minimum atomic E-state index is 0.695. The summed E-state index contributed by atoms with van der Waals surface area (Å²) in [7, 11) is 0. The number of hydrogen-bond acceptors (Lipinski definition) is 2. The molecule has 2 heterocycles. The lowest BCUT2D eigenvalue weighted by atomic mass is 10.0. The molecule has 98 valence electrons. The van der Waals surface area contributed by atoms with Gasteiger partial charge in [0.25, 0.3) is 0 Å². The van der Waals surface area contributed by atoms with Gasteiger partial charge in [-0.2, -0.15) is 0 Å². The first-order chi connectivity index (χ1) is 8.74. The second-order valence-electron chi connectivity index (χ2n) is 5.59. The number of nitrogens with zero attached hydrogens (tertiary/aromatic N) is 2. The second-order valence-corrected chi connectivity index (χ2v) is 6.50. The average molecular weight is 309 g/mol. The van der Waals surface area contributed by atoms with Gasteiger partial charge >= 0.3 is 0 Å². The average Bonchev–Trinajstić information content (AvgIpc) is 2.82. The molecule has 3 heteroatoms. The molecule has 2 aliphatic rings. The zero-order valence-corrected chi connectivity index (χ0v) is 12.6. The summed E-state index contributed by atoms with van der Waals surface area (Å²) in [6, 6.07) is 10.2. The maximum Gasteiger partial charge on any atom is 0.0250 e. The van der Waals surface area contributed by atoms with Gasteiger partial charge in [0.1, 0.15) is 0 Å². The summed E-state index contributed by atoms with van der Waals surface area (Å²) in [6.07, 6.45) is 2.77. The smallest absolute Gasteiger partial charge is 0.0250 e. The quantitative estimate of drug-likeness (QED) is 0.828. The predicted molar refractivity (Wildman–Crippen MR) is 78.6 cm³/mol. The van der Waals surface area contributed by atoms with E-state index in [1.54, 1.807) is 0 Å². The normalized spacial score (nSPS) is 29.4. The summed E-state index contributed by atoms with van der Waals surface area (Å²) in [5.41, 5.74) is 1.42. The first kappa shape index (κ1) is 12.6. The topological polar surface area (TPSA) is 6.48 Å². The van der Waals surface area contributed by atoms with Crippen LogP contribution in [0, 0.1) is 0 Å². The lowest BCUT2D eigenvalue weighted by molar-refractivity contribution is 0.0470. The van der Waals surface area contributed by atoms with Crippen molar-refractivity contribution in [2.24, 2.45) is 0 Å². The molecule has 0 radical (unpaired) electrons. The lowest BCUT2D eigenvalue weighted by Crippen LogP contribution is -2.55.